The van der Waals surface area contributed by atoms with E-state index in [4.69, 9.17) is 23.2 Å². The Balaban J connectivity index is 1.94. The molecule has 0 aromatic heterocycles. The molecule has 1 atom stereocenters. The van der Waals surface area contributed by atoms with Crippen molar-refractivity contribution >= 4 is 46.3 Å². The molecular formula is C23H15Cl2NO3. The molecule has 4 nitrogen and oxygen atoms in total. The molecule has 1 N–H and O–H groups in total. The topological polar surface area (TPSA) is 57.6 Å². The maximum atomic E-state index is 13.0. The van der Waals surface area contributed by atoms with E-state index in [1.54, 1.807) is 72.8 Å². The highest BCUT2D eigenvalue weighted by Crippen LogP contribution is 2.42. The highest BCUT2D eigenvalue weighted by Gasteiger charge is 2.46. The molecule has 0 radical (unpaired) electrons. The monoisotopic (exact) mass is 423 g/mol. The van der Waals surface area contributed by atoms with Crippen LogP contribution in [0.5, 0.6) is 0 Å². The molecule has 1 aliphatic rings. The van der Waals surface area contributed by atoms with Crippen LogP contribution in [0.2, 0.25) is 10.0 Å². The zero-order chi connectivity index (χ0) is 20.5. The van der Waals surface area contributed by atoms with Crippen LogP contribution in [0.15, 0.2) is 84.4 Å². The van der Waals surface area contributed by atoms with E-state index < -0.39 is 17.7 Å². The smallest absolute Gasteiger partial charge is 0.300 e. The van der Waals surface area contributed by atoms with Gasteiger partial charge >= 0.3 is 0 Å². The summed E-state index contributed by atoms with van der Waals surface area (Å²) in [5.74, 6) is -1.70. The second-order valence-electron chi connectivity index (χ2n) is 6.56. The van der Waals surface area contributed by atoms with Crippen LogP contribution in [0.4, 0.5) is 5.69 Å². The van der Waals surface area contributed by atoms with Gasteiger partial charge in [0.15, 0.2) is 0 Å². The fraction of sp³-hybridized carbons (Fsp3) is 0.0435. The van der Waals surface area contributed by atoms with Gasteiger partial charge in [-0.1, -0.05) is 53.5 Å². The summed E-state index contributed by atoms with van der Waals surface area (Å²) in [7, 11) is 0. The molecule has 0 aliphatic carbocycles. The lowest BCUT2D eigenvalue weighted by Crippen LogP contribution is -2.29. The molecular weight excluding hydrogens is 409 g/mol. The largest absolute Gasteiger partial charge is 0.507 e. The number of aliphatic hydroxyl groups excluding tert-OH is 1. The Morgan fingerprint density at radius 3 is 1.93 bits per heavy atom. The molecule has 1 saturated heterocycles. The van der Waals surface area contributed by atoms with Gasteiger partial charge in [0, 0.05) is 21.3 Å². The first-order valence-corrected chi connectivity index (χ1v) is 9.60. The Morgan fingerprint density at radius 1 is 0.793 bits per heavy atom. The maximum Gasteiger partial charge on any atom is 0.300 e. The van der Waals surface area contributed by atoms with E-state index in [9.17, 15) is 14.7 Å². The van der Waals surface area contributed by atoms with E-state index in [0.717, 1.165) is 0 Å². The number of hydrogen-bond donors (Lipinski definition) is 1. The summed E-state index contributed by atoms with van der Waals surface area (Å²) < 4.78 is 0. The molecule has 144 valence electrons. The maximum absolute atomic E-state index is 13.0. The summed E-state index contributed by atoms with van der Waals surface area (Å²) in [5.41, 5.74) is 1.64. The number of anilines is 1. The fourth-order valence-corrected chi connectivity index (χ4v) is 3.66. The van der Waals surface area contributed by atoms with Gasteiger partial charge in [-0.15, -0.1) is 0 Å². The van der Waals surface area contributed by atoms with Crippen molar-refractivity contribution in [1.29, 1.82) is 0 Å². The SMILES string of the molecule is O=C1C(=O)N(c2ccccc2)C(c2ccc(Cl)cc2)/C1=C(\O)c1ccc(Cl)cc1. The number of halogens is 2. The molecule has 0 spiro atoms. The molecule has 3 aromatic carbocycles. The van der Waals surface area contributed by atoms with Crippen LogP contribution in [0.1, 0.15) is 17.2 Å². The van der Waals surface area contributed by atoms with Crippen LogP contribution in [0.25, 0.3) is 5.76 Å². The van der Waals surface area contributed by atoms with Crippen LogP contribution < -0.4 is 4.90 Å². The molecule has 4 rings (SSSR count). The van der Waals surface area contributed by atoms with E-state index in [1.165, 1.54) is 4.90 Å². The van der Waals surface area contributed by atoms with Crippen molar-refractivity contribution in [2.75, 3.05) is 4.90 Å². The predicted molar refractivity (Wildman–Crippen MR) is 114 cm³/mol. The molecule has 1 unspecified atom stereocenters. The Labute approximate surface area is 177 Å². The van der Waals surface area contributed by atoms with Crippen LogP contribution in [0.3, 0.4) is 0 Å². The number of Topliss-reactive ketones (excluding diaryl/α,β-unsaturated/α-hetero) is 1. The number of benzene rings is 3. The van der Waals surface area contributed by atoms with Gasteiger partial charge in [0.25, 0.3) is 11.7 Å². The number of carbonyl (C=O) groups excluding carboxylic acids is 2. The molecule has 29 heavy (non-hydrogen) atoms. The molecule has 1 amide bonds. The lowest BCUT2D eigenvalue weighted by Gasteiger charge is -2.25. The first kappa shape index (κ1) is 19.2. The number of nitrogens with zero attached hydrogens (tertiary/aromatic N) is 1. The number of aliphatic hydroxyl groups is 1. The van der Waals surface area contributed by atoms with Crippen LogP contribution in [-0.4, -0.2) is 16.8 Å². The summed E-state index contributed by atoms with van der Waals surface area (Å²) in [5, 5.41) is 12.0. The summed E-state index contributed by atoms with van der Waals surface area (Å²) in [4.78, 5) is 27.3. The van der Waals surface area contributed by atoms with E-state index in [0.29, 0.717) is 26.9 Å². The summed E-state index contributed by atoms with van der Waals surface area (Å²) in [6, 6.07) is 21.4. The summed E-state index contributed by atoms with van der Waals surface area (Å²) >= 11 is 11.9. The van der Waals surface area contributed by atoms with Crippen molar-refractivity contribution in [2.24, 2.45) is 0 Å². The second-order valence-corrected chi connectivity index (χ2v) is 7.44. The average molecular weight is 424 g/mol. The van der Waals surface area contributed by atoms with E-state index in [-0.39, 0.29) is 11.3 Å². The van der Waals surface area contributed by atoms with Crippen molar-refractivity contribution in [1.82, 2.24) is 0 Å². The Morgan fingerprint density at radius 2 is 1.34 bits per heavy atom. The van der Waals surface area contributed by atoms with Gasteiger partial charge in [-0.05, 0) is 54.1 Å². The number of para-hydroxylation sites is 1. The summed E-state index contributed by atoms with van der Waals surface area (Å²) in [6.45, 7) is 0. The average Bonchev–Trinajstić information content (AvgIpc) is 3.00. The number of hydrogen-bond acceptors (Lipinski definition) is 3. The number of carbonyl (C=O) groups is 2. The van der Waals surface area contributed by atoms with Crippen molar-refractivity contribution in [2.45, 2.75) is 6.04 Å². The van der Waals surface area contributed by atoms with Crippen molar-refractivity contribution in [3.05, 3.63) is 106 Å². The highest BCUT2D eigenvalue weighted by molar-refractivity contribution is 6.51. The Kier molecular flexibility index (Phi) is 5.14. The van der Waals surface area contributed by atoms with Gasteiger partial charge in [0.05, 0.1) is 11.6 Å². The molecule has 1 aliphatic heterocycles. The predicted octanol–water partition coefficient (Wildman–Crippen LogP) is 5.62. The lowest BCUT2D eigenvalue weighted by atomic mass is 9.95. The van der Waals surface area contributed by atoms with Crippen LogP contribution in [-0.2, 0) is 9.59 Å². The third kappa shape index (κ3) is 3.53. The van der Waals surface area contributed by atoms with E-state index >= 15 is 0 Å². The minimum Gasteiger partial charge on any atom is -0.507 e. The minimum absolute atomic E-state index is 0.0171. The fourth-order valence-electron chi connectivity index (χ4n) is 3.41. The van der Waals surface area contributed by atoms with Gasteiger partial charge in [-0.3, -0.25) is 14.5 Å². The molecule has 6 heteroatoms. The van der Waals surface area contributed by atoms with Crippen molar-refractivity contribution in [3.63, 3.8) is 0 Å². The highest BCUT2D eigenvalue weighted by atomic mass is 35.5. The first-order chi connectivity index (χ1) is 14.0. The number of amides is 1. The second kappa shape index (κ2) is 7.74. The van der Waals surface area contributed by atoms with E-state index in [1.807, 2.05) is 6.07 Å². The Bertz CT molecular complexity index is 1110. The normalized spacial score (nSPS) is 18.3. The zero-order valence-electron chi connectivity index (χ0n) is 15.0. The number of ketones is 1. The third-order valence-corrected chi connectivity index (χ3v) is 5.29. The van der Waals surface area contributed by atoms with E-state index in [2.05, 4.69) is 0 Å². The van der Waals surface area contributed by atoms with Gasteiger partial charge in [-0.2, -0.15) is 0 Å². The van der Waals surface area contributed by atoms with Gasteiger partial charge < -0.3 is 5.11 Å². The van der Waals surface area contributed by atoms with Gasteiger partial charge in [-0.25, -0.2) is 0 Å². The van der Waals surface area contributed by atoms with Gasteiger partial charge in [0.1, 0.15) is 5.76 Å². The van der Waals surface area contributed by atoms with Crippen LogP contribution in [0, 0.1) is 0 Å². The molecule has 0 bridgehead atoms. The Hall–Kier alpha value is -3.08. The quantitative estimate of drug-likeness (QED) is 0.337. The first-order valence-electron chi connectivity index (χ1n) is 8.85. The van der Waals surface area contributed by atoms with Gasteiger partial charge in [0.2, 0.25) is 0 Å². The third-order valence-electron chi connectivity index (χ3n) is 4.78. The lowest BCUT2D eigenvalue weighted by molar-refractivity contribution is -0.132. The van der Waals surface area contributed by atoms with Crippen LogP contribution >= 0.6 is 23.2 Å². The summed E-state index contributed by atoms with van der Waals surface area (Å²) in [6.07, 6.45) is 0. The molecule has 1 heterocycles. The molecule has 0 saturated carbocycles. The number of rotatable bonds is 3. The zero-order valence-corrected chi connectivity index (χ0v) is 16.6. The molecule has 3 aromatic rings. The van der Waals surface area contributed by atoms with Crippen molar-refractivity contribution in [3.8, 4) is 0 Å². The standard InChI is InChI=1S/C23H15Cl2NO3/c24-16-10-6-14(7-11-16)20-19(21(27)15-8-12-17(25)13-9-15)22(28)23(29)26(20)18-4-2-1-3-5-18/h1-13,20,27H/b21-19+. The van der Waals surface area contributed by atoms with Crippen molar-refractivity contribution < 1.29 is 14.7 Å². The minimum atomic E-state index is -0.787. The molecule has 1 fully saturated rings.